The third kappa shape index (κ3) is 2.97. The van der Waals surface area contributed by atoms with E-state index in [1.54, 1.807) is 0 Å². The van der Waals surface area contributed by atoms with Crippen LogP contribution in [0.15, 0.2) is 16.6 Å². The molecule has 0 bridgehead atoms. The molecule has 2 rings (SSSR count). The van der Waals surface area contributed by atoms with Gasteiger partial charge in [-0.3, -0.25) is 4.79 Å². The monoisotopic (exact) mass is 353 g/mol. The normalized spacial score (nSPS) is 16.4. The van der Waals surface area contributed by atoms with E-state index in [9.17, 15) is 22.4 Å². The van der Waals surface area contributed by atoms with Crippen molar-refractivity contribution in [2.75, 3.05) is 13.1 Å². The average Bonchev–Trinajstić information content (AvgIpc) is 2.38. The summed E-state index contributed by atoms with van der Waals surface area (Å²) >= 11 is 2.96. The number of hydrogen-bond acceptors (Lipinski definition) is 1. The van der Waals surface area contributed by atoms with Crippen LogP contribution >= 0.6 is 15.9 Å². The highest BCUT2D eigenvalue weighted by Crippen LogP contribution is 2.35. The number of nitrogens with zero attached hydrogens (tertiary/aromatic N) is 1. The molecule has 2 nitrogen and oxygen atoms in total. The molecule has 1 aliphatic heterocycles. The maximum absolute atomic E-state index is 14.0. The minimum Gasteiger partial charge on any atom is -0.339 e. The van der Waals surface area contributed by atoms with Crippen LogP contribution < -0.4 is 0 Å². The Kier molecular flexibility index (Phi) is 4.36. The third-order valence-electron chi connectivity index (χ3n) is 3.25. The molecule has 0 radical (unpaired) electrons. The lowest BCUT2D eigenvalue weighted by atomic mass is 10.1. The van der Waals surface area contributed by atoms with Crippen molar-refractivity contribution in [2.45, 2.75) is 25.4 Å². The summed E-state index contributed by atoms with van der Waals surface area (Å²) in [5.74, 6) is -2.21. The number of piperidine rings is 1. The number of likely N-dealkylation sites (tertiary alicyclic amines) is 1. The summed E-state index contributed by atoms with van der Waals surface area (Å²) < 4.78 is 52.1. The minimum atomic E-state index is -4.82. The smallest absolute Gasteiger partial charge is 0.339 e. The lowest BCUT2D eigenvalue weighted by Gasteiger charge is -2.27. The fourth-order valence-corrected chi connectivity index (χ4v) is 2.70. The topological polar surface area (TPSA) is 20.3 Å². The van der Waals surface area contributed by atoms with E-state index in [0.29, 0.717) is 19.2 Å². The number of hydrogen-bond donors (Lipinski definition) is 0. The summed E-state index contributed by atoms with van der Waals surface area (Å²) in [5.41, 5.74) is -1.96. The second-order valence-electron chi connectivity index (χ2n) is 4.63. The summed E-state index contributed by atoms with van der Waals surface area (Å²) in [7, 11) is 0. The van der Waals surface area contributed by atoms with Crippen LogP contribution in [-0.2, 0) is 6.18 Å². The zero-order valence-electron chi connectivity index (χ0n) is 10.4. The quantitative estimate of drug-likeness (QED) is 0.691. The Morgan fingerprint density at radius 2 is 1.75 bits per heavy atom. The summed E-state index contributed by atoms with van der Waals surface area (Å²) in [6.45, 7) is 0.891. The van der Waals surface area contributed by atoms with Gasteiger partial charge in [-0.25, -0.2) is 4.39 Å². The summed E-state index contributed by atoms with van der Waals surface area (Å²) in [6, 6.07) is 1.69. The van der Waals surface area contributed by atoms with Gasteiger partial charge < -0.3 is 4.90 Å². The van der Waals surface area contributed by atoms with Gasteiger partial charge in [0, 0.05) is 17.6 Å². The van der Waals surface area contributed by atoms with Crippen molar-refractivity contribution in [1.29, 1.82) is 0 Å². The standard InChI is InChI=1S/C13H12BrF4NO/c14-9-5-4-8(13(16,17)18)11(15)10(9)12(20)19-6-2-1-3-7-19/h4-5H,1-3,6-7H2. The van der Waals surface area contributed by atoms with Gasteiger partial charge in [0.15, 0.2) is 0 Å². The van der Waals surface area contributed by atoms with E-state index in [1.165, 1.54) is 4.90 Å². The Labute approximate surface area is 121 Å². The minimum absolute atomic E-state index is 0.0403. The molecule has 1 aromatic carbocycles. The molecule has 0 unspecified atom stereocenters. The summed E-state index contributed by atoms with van der Waals surface area (Å²) in [5, 5.41) is 0. The lowest BCUT2D eigenvalue weighted by Crippen LogP contribution is -2.36. The number of halogens is 5. The highest BCUT2D eigenvalue weighted by Gasteiger charge is 2.37. The first-order valence-corrected chi connectivity index (χ1v) is 6.96. The largest absolute Gasteiger partial charge is 0.419 e. The van der Waals surface area contributed by atoms with Crippen LogP contribution in [0.2, 0.25) is 0 Å². The van der Waals surface area contributed by atoms with E-state index in [1.807, 2.05) is 0 Å². The molecule has 1 aliphatic rings. The SMILES string of the molecule is O=C(c1c(Br)ccc(C(F)(F)F)c1F)N1CCCCC1. The molecule has 0 N–H and O–H groups in total. The van der Waals surface area contributed by atoms with E-state index < -0.39 is 29.0 Å². The van der Waals surface area contributed by atoms with Crippen molar-refractivity contribution in [2.24, 2.45) is 0 Å². The first-order chi connectivity index (χ1) is 9.32. The molecular formula is C13H12BrF4NO. The Morgan fingerprint density at radius 1 is 1.15 bits per heavy atom. The number of amides is 1. The van der Waals surface area contributed by atoms with Gasteiger partial charge >= 0.3 is 6.18 Å². The second-order valence-corrected chi connectivity index (χ2v) is 5.49. The molecule has 0 aromatic heterocycles. The predicted molar refractivity (Wildman–Crippen MR) is 68.9 cm³/mol. The zero-order chi connectivity index (χ0) is 14.9. The fraction of sp³-hybridized carbons (Fsp3) is 0.462. The van der Waals surface area contributed by atoms with Gasteiger partial charge in [0.05, 0.1) is 11.1 Å². The van der Waals surface area contributed by atoms with Gasteiger partial charge in [0.2, 0.25) is 0 Å². The van der Waals surface area contributed by atoms with Gasteiger partial charge in [-0.05, 0) is 47.3 Å². The van der Waals surface area contributed by atoms with Crippen molar-refractivity contribution in [3.05, 3.63) is 33.5 Å². The highest BCUT2D eigenvalue weighted by atomic mass is 79.9. The Hall–Kier alpha value is -1.11. The first kappa shape index (κ1) is 15.3. The van der Waals surface area contributed by atoms with Crippen LogP contribution in [0.3, 0.4) is 0 Å². The molecule has 1 fully saturated rings. The molecule has 110 valence electrons. The van der Waals surface area contributed by atoms with Gasteiger partial charge in [-0.1, -0.05) is 0 Å². The van der Waals surface area contributed by atoms with Crippen LogP contribution in [0, 0.1) is 5.82 Å². The van der Waals surface area contributed by atoms with Crippen LogP contribution in [0.4, 0.5) is 17.6 Å². The predicted octanol–water partition coefficient (Wildman–Crippen LogP) is 4.23. The van der Waals surface area contributed by atoms with Crippen molar-refractivity contribution >= 4 is 21.8 Å². The van der Waals surface area contributed by atoms with Crippen molar-refractivity contribution in [1.82, 2.24) is 4.90 Å². The molecule has 7 heteroatoms. The molecule has 0 aliphatic carbocycles. The van der Waals surface area contributed by atoms with E-state index in [-0.39, 0.29) is 4.47 Å². The zero-order valence-corrected chi connectivity index (χ0v) is 12.0. The molecule has 0 saturated carbocycles. The fourth-order valence-electron chi connectivity index (χ4n) is 2.22. The molecular weight excluding hydrogens is 342 g/mol. The van der Waals surface area contributed by atoms with E-state index >= 15 is 0 Å². The molecule has 0 spiro atoms. The molecule has 1 saturated heterocycles. The van der Waals surface area contributed by atoms with Crippen LogP contribution in [0.5, 0.6) is 0 Å². The van der Waals surface area contributed by atoms with Gasteiger partial charge in [0.25, 0.3) is 5.91 Å². The van der Waals surface area contributed by atoms with E-state index in [4.69, 9.17) is 0 Å². The molecule has 1 heterocycles. The number of carbonyl (C=O) groups excluding carboxylic acids is 1. The Morgan fingerprint density at radius 3 is 2.30 bits per heavy atom. The number of alkyl halides is 3. The molecule has 0 atom stereocenters. The van der Waals surface area contributed by atoms with Crippen LogP contribution in [0.25, 0.3) is 0 Å². The van der Waals surface area contributed by atoms with E-state index in [2.05, 4.69) is 15.9 Å². The van der Waals surface area contributed by atoms with Crippen LogP contribution in [-0.4, -0.2) is 23.9 Å². The third-order valence-corrected chi connectivity index (χ3v) is 3.91. The Bertz CT molecular complexity index is 524. The number of benzene rings is 1. The maximum atomic E-state index is 14.0. The highest BCUT2D eigenvalue weighted by molar-refractivity contribution is 9.10. The van der Waals surface area contributed by atoms with E-state index in [0.717, 1.165) is 25.3 Å². The maximum Gasteiger partial charge on any atom is 0.419 e. The number of carbonyl (C=O) groups is 1. The Balaban J connectivity index is 2.42. The van der Waals surface area contributed by atoms with Gasteiger partial charge in [-0.2, -0.15) is 13.2 Å². The summed E-state index contributed by atoms with van der Waals surface area (Å²) in [4.78, 5) is 13.6. The molecule has 1 amide bonds. The molecule has 20 heavy (non-hydrogen) atoms. The number of rotatable bonds is 1. The molecule has 1 aromatic rings. The van der Waals surface area contributed by atoms with Gasteiger partial charge in [-0.15, -0.1) is 0 Å². The summed E-state index contributed by atoms with van der Waals surface area (Å²) in [6.07, 6.45) is -2.29. The van der Waals surface area contributed by atoms with Crippen LogP contribution in [0.1, 0.15) is 35.2 Å². The lowest BCUT2D eigenvalue weighted by molar-refractivity contribution is -0.140. The van der Waals surface area contributed by atoms with Gasteiger partial charge in [0.1, 0.15) is 5.82 Å². The second kappa shape index (κ2) is 5.71. The van der Waals surface area contributed by atoms with Crippen molar-refractivity contribution < 1.29 is 22.4 Å². The first-order valence-electron chi connectivity index (χ1n) is 6.17. The van der Waals surface area contributed by atoms with Crippen molar-refractivity contribution in [3.63, 3.8) is 0 Å². The van der Waals surface area contributed by atoms with Crippen molar-refractivity contribution in [3.8, 4) is 0 Å². The average molecular weight is 354 g/mol.